The van der Waals surface area contributed by atoms with Gasteiger partial charge in [0.05, 0.1) is 14.8 Å². The van der Waals surface area contributed by atoms with Crippen molar-refractivity contribution in [1.82, 2.24) is 4.72 Å². The number of benzene rings is 2. The SMILES string of the molecule is O=S(=O)(Nc1ccc(S(=O)(=O)NC2CC2)cc1)c1ccc(F)c(Cl)c1. The Morgan fingerprint density at radius 2 is 1.52 bits per heavy atom. The third kappa shape index (κ3) is 4.30. The Morgan fingerprint density at radius 3 is 2.08 bits per heavy atom. The molecule has 1 aliphatic rings. The van der Waals surface area contributed by atoms with Crippen LogP contribution < -0.4 is 9.44 Å². The highest BCUT2D eigenvalue weighted by Gasteiger charge is 2.28. The first kappa shape index (κ1) is 18.1. The molecule has 0 atom stereocenters. The summed E-state index contributed by atoms with van der Waals surface area (Å²) in [6.45, 7) is 0. The fourth-order valence-electron chi connectivity index (χ4n) is 2.05. The van der Waals surface area contributed by atoms with Crippen LogP contribution in [0.2, 0.25) is 5.02 Å². The second kappa shape index (κ2) is 6.56. The number of anilines is 1. The maximum absolute atomic E-state index is 13.2. The van der Waals surface area contributed by atoms with Crippen molar-refractivity contribution in [3.63, 3.8) is 0 Å². The summed E-state index contributed by atoms with van der Waals surface area (Å²) >= 11 is 5.60. The van der Waals surface area contributed by atoms with Crippen LogP contribution in [0.25, 0.3) is 0 Å². The molecule has 2 aromatic carbocycles. The van der Waals surface area contributed by atoms with Gasteiger partial charge in [-0.25, -0.2) is 25.9 Å². The van der Waals surface area contributed by atoms with Crippen LogP contribution in [0, 0.1) is 5.82 Å². The summed E-state index contributed by atoms with van der Waals surface area (Å²) in [6, 6.07) is 8.30. The van der Waals surface area contributed by atoms with Crippen molar-refractivity contribution in [2.75, 3.05) is 4.72 Å². The zero-order valence-corrected chi connectivity index (χ0v) is 15.1. The quantitative estimate of drug-likeness (QED) is 0.774. The van der Waals surface area contributed by atoms with Crippen LogP contribution in [-0.4, -0.2) is 22.9 Å². The fraction of sp³-hybridized carbons (Fsp3) is 0.200. The molecule has 0 heterocycles. The van der Waals surface area contributed by atoms with E-state index in [4.69, 9.17) is 11.6 Å². The van der Waals surface area contributed by atoms with Gasteiger partial charge in [-0.2, -0.15) is 0 Å². The van der Waals surface area contributed by atoms with Gasteiger partial charge in [-0.3, -0.25) is 4.72 Å². The van der Waals surface area contributed by atoms with Gasteiger partial charge in [0.25, 0.3) is 10.0 Å². The van der Waals surface area contributed by atoms with Crippen molar-refractivity contribution in [2.45, 2.75) is 28.7 Å². The van der Waals surface area contributed by atoms with Gasteiger partial charge < -0.3 is 0 Å². The first-order valence-corrected chi connectivity index (χ1v) is 10.6. The van der Waals surface area contributed by atoms with Gasteiger partial charge in [0.1, 0.15) is 5.82 Å². The second-order valence-electron chi connectivity index (χ2n) is 5.60. The van der Waals surface area contributed by atoms with Gasteiger partial charge in [-0.15, -0.1) is 0 Å². The molecule has 0 aliphatic heterocycles. The summed E-state index contributed by atoms with van der Waals surface area (Å²) in [5, 5.41) is -0.310. The molecule has 134 valence electrons. The van der Waals surface area contributed by atoms with E-state index >= 15 is 0 Å². The van der Waals surface area contributed by atoms with E-state index in [9.17, 15) is 21.2 Å². The van der Waals surface area contributed by atoms with Crippen LogP contribution in [0.4, 0.5) is 10.1 Å². The van der Waals surface area contributed by atoms with Gasteiger partial charge in [-0.05, 0) is 55.3 Å². The van der Waals surface area contributed by atoms with E-state index < -0.39 is 25.9 Å². The maximum Gasteiger partial charge on any atom is 0.261 e. The van der Waals surface area contributed by atoms with E-state index in [-0.39, 0.29) is 26.5 Å². The van der Waals surface area contributed by atoms with E-state index in [0.29, 0.717) is 0 Å². The molecule has 0 radical (unpaired) electrons. The van der Waals surface area contributed by atoms with Crippen molar-refractivity contribution in [2.24, 2.45) is 0 Å². The summed E-state index contributed by atoms with van der Waals surface area (Å²) in [6.07, 6.45) is 1.63. The van der Waals surface area contributed by atoms with E-state index in [1.165, 1.54) is 24.3 Å². The van der Waals surface area contributed by atoms with E-state index in [2.05, 4.69) is 9.44 Å². The molecule has 1 aliphatic carbocycles. The average Bonchev–Trinajstić information content (AvgIpc) is 3.33. The van der Waals surface area contributed by atoms with Crippen molar-refractivity contribution in [3.8, 4) is 0 Å². The van der Waals surface area contributed by atoms with Crippen molar-refractivity contribution >= 4 is 37.3 Å². The number of hydrogen-bond donors (Lipinski definition) is 2. The Labute approximate surface area is 150 Å². The Kier molecular flexibility index (Phi) is 4.76. The molecule has 0 spiro atoms. The zero-order valence-electron chi connectivity index (χ0n) is 12.7. The minimum Gasteiger partial charge on any atom is -0.280 e. The lowest BCUT2D eigenvalue weighted by Crippen LogP contribution is -2.25. The van der Waals surface area contributed by atoms with Crippen LogP contribution >= 0.6 is 11.6 Å². The van der Waals surface area contributed by atoms with Crippen molar-refractivity contribution < 1.29 is 21.2 Å². The summed E-state index contributed by atoms with van der Waals surface area (Å²) in [7, 11) is -7.58. The zero-order chi connectivity index (χ0) is 18.2. The summed E-state index contributed by atoms with van der Waals surface area (Å²) in [4.78, 5) is -0.154. The number of nitrogens with one attached hydrogen (secondary N) is 2. The molecule has 2 N–H and O–H groups in total. The highest BCUT2D eigenvalue weighted by Crippen LogP contribution is 2.24. The Balaban J connectivity index is 1.79. The maximum atomic E-state index is 13.2. The van der Waals surface area contributed by atoms with E-state index in [0.717, 1.165) is 31.0 Å². The van der Waals surface area contributed by atoms with Crippen LogP contribution in [0.15, 0.2) is 52.3 Å². The molecular weight excluding hydrogens is 391 g/mol. The highest BCUT2D eigenvalue weighted by molar-refractivity contribution is 7.92. The third-order valence-corrected chi connectivity index (χ3v) is 6.72. The number of rotatable bonds is 6. The predicted molar refractivity (Wildman–Crippen MR) is 92.0 cm³/mol. The molecule has 25 heavy (non-hydrogen) atoms. The smallest absolute Gasteiger partial charge is 0.261 e. The largest absolute Gasteiger partial charge is 0.280 e. The second-order valence-corrected chi connectivity index (χ2v) is 9.40. The highest BCUT2D eigenvalue weighted by atomic mass is 35.5. The van der Waals surface area contributed by atoms with Crippen LogP contribution in [0.3, 0.4) is 0 Å². The number of hydrogen-bond acceptors (Lipinski definition) is 4. The lowest BCUT2D eigenvalue weighted by Gasteiger charge is -2.10. The van der Waals surface area contributed by atoms with Crippen molar-refractivity contribution in [1.29, 1.82) is 0 Å². The Bertz CT molecular complexity index is 1000. The molecular formula is C15H14ClFN2O4S2. The molecule has 1 saturated carbocycles. The van der Waals surface area contributed by atoms with E-state index in [1.54, 1.807) is 0 Å². The molecule has 0 bridgehead atoms. The third-order valence-electron chi connectivity index (χ3n) is 3.52. The van der Waals surface area contributed by atoms with Gasteiger partial charge in [0, 0.05) is 11.7 Å². The lowest BCUT2D eigenvalue weighted by atomic mass is 10.3. The monoisotopic (exact) mass is 404 g/mol. The Morgan fingerprint density at radius 1 is 0.920 bits per heavy atom. The lowest BCUT2D eigenvalue weighted by molar-refractivity contribution is 0.581. The molecule has 6 nitrogen and oxygen atoms in total. The first-order valence-electron chi connectivity index (χ1n) is 7.28. The molecule has 0 amide bonds. The average molecular weight is 405 g/mol. The standard InChI is InChI=1S/C15H14ClFN2O4S2/c16-14-9-13(7-8-15(14)17)25(22,23)19-11-3-5-12(6-4-11)24(20,21)18-10-1-2-10/h3-10,18-19H,1-2H2. The summed E-state index contributed by atoms with van der Waals surface area (Å²) in [5.74, 6) is -0.724. The molecule has 0 saturated heterocycles. The molecule has 0 aromatic heterocycles. The van der Waals surface area contributed by atoms with E-state index in [1.807, 2.05) is 0 Å². The van der Waals surface area contributed by atoms with Gasteiger partial charge in [0.15, 0.2) is 0 Å². The van der Waals surface area contributed by atoms with Gasteiger partial charge in [-0.1, -0.05) is 11.6 Å². The molecule has 1 fully saturated rings. The minimum atomic E-state index is -3.98. The minimum absolute atomic E-state index is 0.0218. The van der Waals surface area contributed by atoms with Gasteiger partial charge in [0.2, 0.25) is 10.0 Å². The van der Waals surface area contributed by atoms with Gasteiger partial charge >= 0.3 is 0 Å². The topological polar surface area (TPSA) is 92.3 Å². The van der Waals surface area contributed by atoms with Crippen LogP contribution in [0.5, 0.6) is 0 Å². The summed E-state index contributed by atoms with van der Waals surface area (Å²) in [5.41, 5.74) is 0.172. The fourth-order valence-corrected chi connectivity index (χ4v) is 4.68. The van der Waals surface area contributed by atoms with Crippen molar-refractivity contribution in [3.05, 3.63) is 53.3 Å². The number of sulfonamides is 2. The predicted octanol–water partition coefficient (Wildman–Crippen LogP) is 2.72. The van der Waals surface area contributed by atoms with Crippen LogP contribution in [0.1, 0.15) is 12.8 Å². The summed E-state index contributed by atoms with van der Waals surface area (Å²) < 4.78 is 66.7. The molecule has 2 aromatic rings. The first-order chi connectivity index (χ1) is 11.7. The molecule has 0 unspecified atom stereocenters. The molecule has 10 heteroatoms. The number of halogens is 2. The van der Waals surface area contributed by atoms with Crippen LogP contribution in [-0.2, 0) is 20.0 Å². The Hall–Kier alpha value is -1.68. The molecule has 3 rings (SSSR count). The normalized spacial score (nSPS) is 15.1.